The van der Waals surface area contributed by atoms with E-state index < -0.39 is 6.10 Å². The van der Waals surface area contributed by atoms with Gasteiger partial charge in [-0.1, -0.05) is 12.1 Å². The van der Waals surface area contributed by atoms with Crippen LogP contribution < -0.4 is 10.2 Å². The number of methoxy groups -OCH3 is 1. The van der Waals surface area contributed by atoms with Gasteiger partial charge in [-0.3, -0.25) is 0 Å². The summed E-state index contributed by atoms with van der Waals surface area (Å²) in [4.78, 5) is 0. The van der Waals surface area contributed by atoms with Crippen molar-refractivity contribution in [2.24, 2.45) is 0 Å². The predicted octanol–water partition coefficient (Wildman–Crippen LogP) is 0.707. The van der Waals surface area contributed by atoms with Crippen molar-refractivity contribution in [3.63, 3.8) is 0 Å². The van der Waals surface area contributed by atoms with Crippen LogP contribution in [0.15, 0.2) is 24.3 Å². The Morgan fingerprint density at radius 1 is 1.54 bits per heavy atom. The fourth-order valence-electron chi connectivity index (χ4n) is 1.05. The van der Waals surface area contributed by atoms with Gasteiger partial charge in [0.2, 0.25) is 0 Å². The van der Waals surface area contributed by atoms with Crippen molar-refractivity contribution in [3.05, 3.63) is 29.8 Å². The van der Waals surface area contributed by atoms with Gasteiger partial charge in [0.1, 0.15) is 5.75 Å². The van der Waals surface area contributed by atoms with Crippen LogP contribution in [0.4, 0.5) is 0 Å². The van der Waals surface area contributed by atoms with Gasteiger partial charge < -0.3 is 15.1 Å². The second-order valence-corrected chi connectivity index (χ2v) is 2.65. The second-order valence-electron chi connectivity index (χ2n) is 2.65. The molecule has 4 nitrogen and oxygen atoms in total. The molecule has 0 spiro atoms. The maximum Gasteiger partial charge on any atom is 0.119 e. The average molecular weight is 183 g/mol. The van der Waals surface area contributed by atoms with Crippen LogP contribution in [-0.4, -0.2) is 24.0 Å². The monoisotopic (exact) mass is 183 g/mol. The summed E-state index contributed by atoms with van der Waals surface area (Å²) < 4.78 is 4.99. The fraction of sp³-hybridized carbons (Fsp3) is 0.333. The van der Waals surface area contributed by atoms with Gasteiger partial charge in [-0.15, -0.1) is 0 Å². The van der Waals surface area contributed by atoms with Gasteiger partial charge in [0.05, 0.1) is 19.8 Å². The Balaban J connectivity index is 2.75. The number of ether oxygens (including phenoxy) is 1. The Morgan fingerprint density at radius 2 is 2.31 bits per heavy atom. The van der Waals surface area contributed by atoms with Gasteiger partial charge in [0.15, 0.2) is 0 Å². The molecule has 0 aliphatic carbocycles. The molecule has 3 N–H and O–H groups in total. The number of aliphatic hydroxyl groups is 1. The lowest BCUT2D eigenvalue weighted by atomic mass is 10.1. The molecular weight excluding hydrogens is 170 g/mol. The van der Waals surface area contributed by atoms with Crippen molar-refractivity contribution >= 4 is 0 Å². The van der Waals surface area contributed by atoms with E-state index in [-0.39, 0.29) is 6.54 Å². The summed E-state index contributed by atoms with van der Waals surface area (Å²) in [6.45, 7) is 0.104. The SMILES string of the molecule is COc1cccc(C(O)CNO)c1. The van der Waals surface area contributed by atoms with Crippen molar-refractivity contribution in [2.75, 3.05) is 13.7 Å². The summed E-state index contributed by atoms with van der Waals surface area (Å²) >= 11 is 0. The number of hydrogen-bond acceptors (Lipinski definition) is 4. The van der Waals surface area contributed by atoms with Crippen molar-refractivity contribution in [1.82, 2.24) is 5.48 Å². The normalized spacial score (nSPS) is 12.5. The van der Waals surface area contributed by atoms with Crippen LogP contribution in [0, 0.1) is 0 Å². The van der Waals surface area contributed by atoms with E-state index in [2.05, 4.69) is 0 Å². The zero-order chi connectivity index (χ0) is 9.68. The maximum absolute atomic E-state index is 9.46. The molecule has 0 fully saturated rings. The molecule has 72 valence electrons. The predicted molar refractivity (Wildman–Crippen MR) is 47.7 cm³/mol. The highest BCUT2D eigenvalue weighted by molar-refractivity contribution is 5.29. The van der Waals surface area contributed by atoms with Crippen LogP contribution in [0.1, 0.15) is 11.7 Å². The number of hydrogen-bond donors (Lipinski definition) is 3. The van der Waals surface area contributed by atoms with E-state index in [0.717, 1.165) is 0 Å². The summed E-state index contributed by atoms with van der Waals surface area (Å²) in [7, 11) is 1.57. The van der Waals surface area contributed by atoms with E-state index in [1.807, 2.05) is 5.48 Å². The highest BCUT2D eigenvalue weighted by atomic mass is 16.5. The van der Waals surface area contributed by atoms with Crippen LogP contribution in [0.5, 0.6) is 5.75 Å². The van der Waals surface area contributed by atoms with E-state index in [4.69, 9.17) is 9.94 Å². The van der Waals surface area contributed by atoms with E-state index in [1.54, 1.807) is 31.4 Å². The molecule has 1 rings (SSSR count). The molecule has 0 aliphatic rings. The summed E-state index contributed by atoms with van der Waals surface area (Å²) in [5.74, 6) is 0.689. The van der Waals surface area contributed by atoms with Crippen molar-refractivity contribution < 1.29 is 15.1 Å². The first-order valence-corrected chi connectivity index (χ1v) is 3.97. The number of rotatable bonds is 4. The molecule has 0 aliphatic heterocycles. The Labute approximate surface area is 76.7 Å². The molecule has 4 heteroatoms. The zero-order valence-corrected chi connectivity index (χ0v) is 7.40. The Bertz CT molecular complexity index is 265. The Hall–Kier alpha value is -1.10. The first-order chi connectivity index (χ1) is 6.27. The molecule has 1 aromatic rings. The van der Waals surface area contributed by atoms with Crippen LogP contribution >= 0.6 is 0 Å². The highest BCUT2D eigenvalue weighted by Crippen LogP contribution is 2.18. The van der Waals surface area contributed by atoms with Gasteiger partial charge in [0, 0.05) is 0 Å². The molecule has 1 atom stereocenters. The third-order valence-corrected chi connectivity index (χ3v) is 1.76. The van der Waals surface area contributed by atoms with Crippen LogP contribution in [0.3, 0.4) is 0 Å². The van der Waals surface area contributed by atoms with E-state index >= 15 is 0 Å². The number of nitrogens with one attached hydrogen (secondary N) is 1. The van der Waals surface area contributed by atoms with Gasteiger partial charge >= 0.3 is 0 Å². The molecule has 13 heavy (non-hydrogen) atoms. The summed E-state index contributed by atoms with van der Waals surface area (Å²) in [6, 6.07) is 7.07. The zero-order valence-electron chi connectivity index (χ0n) is 7.40. The van der Waals surface area contributed by atoms with Crippen molar-refractivity contribution in [2.45, 2.75) is 6.10 Å². The minimum Gasteiger partial charge on any atom is -0.497 e. The first kappa shape index (κ1) is 9.98. The summed E-state index contributed by atoms with van der Waals surface area (Å²) in [6.07, 6.45) is -0.722. The molecule has 0 aromatic heterocycles. The second kappa shape index (κ2) is 4.81. The highest BCUT2D eigenvalue weighted by Gasteiger charge is 2.06. The molecule has 0 amide bonds. The largest absolute Gasteiger partial charge is 0.497 e. The average Bonchev–Trinajstić information content (AvgIpc) is 2.18. The van der Waals surface area contributed by atoms with Crippen molar-refractivity contribution in [3.8, 4) is 5.75 Å². The minimum atomic E-state index is -0.722. The van der Waals surface area contributed by atoms with E-state index in [9.17, 15) is 5.11 Å². The molecule has 0 saturated carbocycles. The molecule has 0 saturated heterocycles. The van der Waals surface area contributed by atoms with Gasteiger partial charge in [-0.2, -0.15) is 0 Å². The minimum absolute atomic E-state index is 0.104. The lowest BCUT2D eigenvalue weighted by Crippen LogP contribution is -2.17. The number of aliphatic hydroxyl groups excluding tert-OH is 1. The maximum atomic E-state index is 9.46. The standard InChI is InChI=1S/C9H13NO3/c1-13-8-4-2-3-7(5-8)9(11)6-10-12/h2-5,9-12H,6H2,1H3. The van der Waals surface area contributed by atoms with E-state index in [1.165, 1.54) is 0 Å². The molecule has 1 aromatic carbocycles. The molecule has 0 radical (unpaired) electrons. The number of hydroxylamine groups is 1. The van der Waals surface area contributed by atoms with Gasteiger partial charge in [-0.05, 0) is 17.7 Å². The fourth-order valence-corrected chi connectivity index (χ4v) is 1.05. The number of benzene rings is 1. The quantitative estimate of drug-likeness (QED) is 0.601. The smallest absolute Gasteiger partial charge is 0.119 e. The Morgan fingerprint density at radius 3 is 2.92 bits per heavy atom. The molecule has 1 unspecified atom stereocenters. The molecular formula is C9H13NO3. The summed E-state index contributed by atoms with van der Waals surface area (Å²) in [5.41, 5.74) is 2.62. The van der Waals surface area contributed by atoms with Crippen LogP contribution in [-0.2, 0) is 0 Å². The third-order valence-electron chi connectivity index (χ3n) is 1.76. The lowest BCUT2D eigenvalue weighted by Gasteiger charge is -2.10. The van der Waals surface area contributed by atoms with E-state index in [0.29, 0.717) is 11.3 Å². The molecule has 0 heterocycles. The summed E-state index contributed by atoms with van der Waals surface area (Å²) in [5, 5.41) is 17.8. The topological polar surface area (TPSA) is 61.7 Å². The lowest BCUT2D eigenvalue weighted by molar-refractivity contribution is 0.0920. The van der Waals surface area contributed by atoms with Crippen LogP contribution in [0.25, 0.3) is 0 Å². The molecule has 0 bridgehead atoms. The van der Waals surface area contributed by atoms with Crippen molar-refractivity contribution in [1.29, 1.82) is 0 Å². The Kier molecular flexibility index (Phi) is 3.70. The van der Waals surface area contributed by atoms with Gasteiger partial charge in [-0.25, -0.2) is 5.48 Å². The first-order valence-electron chi connectivity index (χ1n) is 3.97. The van der Waals surface area contributed by atoms with Crippen LogP contribution in [0.2, 0.25) is 0 Å². The van der Waals surface area contributed by atoms with Gasteiger partial charge in [0.25, 0.3) is 0 Å². The third kappa shape index (κ3) is 2.69.